The van der Waals surface area contributed by atoms with Crippen LogP contribution in [0.1, 0.15) is 11.1 Å². The summed E-state index contributed by atoms with van der Waals surface area (Å²) in [6.45, 7) is 2.76. The van der Waals surface area contributed by atoms with Gasteiger partial charge in [-0.1, -0.05) is 48.0 Å². The van der Waals surface area contributed by atoms with Gasteiger partial charge in [0.05, 0.1) is 11.2 Å². The Balaban J connectivity index is 0.000000275. The van der Waals surface area contributed by atoms with E-state index in [0.29, 0.717) is 35.8 Å². The molecule has 0 saturated carbocycles. The van der Waals surface area contributed by atoms with E-state index >= 15 is 0 Å². The number of nitrogens with two attached hydrogens (primary N) is 1. The van der Waals surface area contributed by atoms with Gasteiger partial charge in [0.1, 0.15) is 17.9 Å². The van der Waals surface area contributed by atoms with E-state index in [0.717, 1.165) is 11.1 Å². The van der Waals surface area contributed by atoms with Gasteiger partial charge >= 0.3 is 0 Å². The van der Waals surface area contributed by atoms with Crippen molar-refractivity contribution in [2.24, 2.45) is 5.73 Å². The topological polar surface area (TPSA) is 119 Å². The lowest BCUT2D eigenvalue weighted by atomic mass is 10.2. The summed E-state index contributed by atoms with van der Waals surface area (Å²) in [7, 11) is -2.09. The van der Waals surface area contributed by atoms with E-state index in [1.54, 1.807) is 24.3 Å². The van der Waals surface area contributed by atoms with Crippen molar-refractivity contribution in [3.63, 3.8) is 0 Å². The number of oxazole rings is 1. The Kier molecular flexibility index (Phi) is 9.18. The number of aromatic nitrogens is 1. The summed E-state index contributed by atoms with van der Waals surface area (Å²) in [5, 5.41) is 0. The lowest BCUT2D eigenvalue weighted by Crippen LogP contribution is -2.16. The largest absolute Gasteiger partial charge is 0.489 e. The molecule has 0 aliphatic heterocycles. The molecule has 3 aromatic carbocycles. The summed E-state index contributed by atoms with van der Waals surface area (Å²) in [4.78, 5) is 6.36. The Morgan fingerprint density at radius 3 is 2.44 bits per heavy atom. The summed E-state index contributed by atoms with van der Waals surface area (Å²) < 4.78 is 53.4. The molecule has 0 radical (unpaired) electrons. The highest BCUT2D eigenvalue weighted by Crippen LogP contribution is 2.26. The van der Waals surface area contributed by atoms with Crippen molar-refractivity contribution in [3.8, 4) is 5.75 Å². The molecule has 0 aliphatic rings. The van der Waals surface area contributed by atoms with Crippen LogP contribution in [0.2, 0.25) is 0 Å². The highest BCUT2D eigenvalue weighted by atomic mass is 32.2. The van der Waals surface area contributed by atoms with Gasteiger partial charge in [-0.05, 0) is 36.8 Å². The van der Waals surface area contributed by atoms with Gasteiger partial charge in [0.15, 0.2) is 5.58 Å². The molecule has 190 valence electrons. The molecule has 1 aromatic heterocycles. The van der Waals surface area contributed by atoms with E-state index in [4.69, 9.17) is 19.4 Å². The van der Waals surface area contributed by atoms with E-state index < -0.39 is 10.1 Å². The normalized spacial score (nSPS) is 11.6. The number of hydrogen-bond acceptors (Lipinski definition) is 7. The number of hydrogen-bond donors (Lipinski definition) is 2. The minimum Gasteiger partial charge on any atom is -0.489 e. The smallest absolute Gasteiger partial charge is 0.298 e. The van der Waals surface area contributed by atoms with Crippen LogP contribution in [-0.2, 0) is 16.7 Å². The number of nitrogens with zero attached hydrogens (tertiary/aromatic N) is 2. The van der Waals surface area contributed by atoms with Crippen molar-refractivity contribution in [3.05, 3.63) is 95.8 Å². The summed E-state index contributed by atoms with van der Waals surface area (Å²) >= 11 is 0. The number of aryl methyl sites for hydroxylation is 1. The van der Waals surface area contributed by atoms with Crippen LogP contribution in [0, 0.1) is 6.92 Å². The number of ether oxygens (including phenoxy) is 1. The summed E-state index contributed by atoms with van der Waals surface area (Å²) in [6.07, 6.45) is 0.476. The highest BCUT2D eigenvalue weighted by Gasteiger charge is 2.12. The third kappa shape index (κ3) is 7.64. The zero-order valence-corrected chi connectivity index (χ0v) is 20.8. The van der Waals surface area contributed by atoms with E-state index in [1.165, 1.54) is 17.7 Å². The van der Waals surface area contributed by atoms with Gasteiger partial charge in [-0.2, -0.15) is 13.4 Å². The predicted molar refractivity (Wildman–Crippen MR) is 137 cm³/mol. The maximum absolute atomic E-state index is 12.5. The van der Waals surface area contributed by atoms with Crippen LogP contribution in [0.4, 0.5) is 10.4 Å². The van der Waals surface area contributed by atoms with E-state index in [9.17, 15) is 12.8 Å². The average molecular weight is 514 g/mol. The van der Waals surface area contributed by atoms with Crippen LogP contribution in [-0.4, -0.2) is 38.2 Å². The van der Waals surface area contributed by atoms with Crippen LogP contribution < -0.4 is 15.4 Å². The molecule has 0 aliphatic carbocycles. The lowest BCUT2D eigenvalue weighted by molar-refractivity contribution is 0.347. The molecule has 3 N–H and O–H groups in total. The SMILES string of the molecule is CN(Cc1ccccc1)c1nc2ccc(OCC(=CF)CN)cc2o1.Cc1ccc(S(=O)(=O)O)cc1. The van der Waals surface area contributed by atoms with E-state index in [2.05, 4.69) is 17.1 Å². The fourth-order valence-corrected chi connectivity index (χ4v) is 3.57. The van der Waals surface area contributed by atoms with E-state index in [1.807, 2.05) is 43.1 Å². The Hall–Kier alpha value is -3.73. The monoisotopic (exact) mass is 513 g/mol. The Labute approximate surface area is 209 Å². The number of rotatable bonds is 8. The number of halogens is 1. The first-order valence-electron chi connectivity index (χ1n) is 11.0. The Morgan fingerprint density at radius 1 is 1.14 bits per heavy atom. The average Bonchev–Trinajstić information content (AvgIpc) is 3.29. The van der Waals surface area contributed by atoms with Gasteiger partial charge in [-0.15, -0.1) is 0 Å². The number of fused-ring (bicyclic) bond motifs is 1. The third-order valence-corrected chi connectivity index (χ3v) is 5.97. The molecule has 0 atom stereocenters. The fourth-order valence-electron chi connectivity index (χ4n) is 3.09. The molecule has 0 bridgehead atoms. The van der Waals surface area contributed by atoms with Crippen molar-refractivity contribution in [2.45, 2.75) is 18.4 Å². The molecule has 1 heterocycles. The minimum absolute atomic E-state index is 0.0666. The molecule has 10 heteroatoms. The first kappa shape index (κ1) is 26.9. The molecule has 4 rings (SSSR count). The van der Waals surface area contributed by atoms with Crippen molar-refractivity contribution >= 4 is 27.2 Å². The van der Waals surface area contributed by atoms with E-state index in [-0.39, 0.29) is 18.0 Å². The van der Waals surface area contributed by atoms with Crippen LogP contribution >= 0.6 is 0 Å². The summed E-state index contributed by atoms with van der Waals surface area (Å²) in [6, 6.07) is 21.9. The third-order valence-electron chi connectivity index (χ3n) is 5.10. The van der Waals surface area contributed by atoms with Crippen LogP contribution in [0.5, 0.6) is 5.75 Å². The molecular weight excluding hydrogens is 485 g/mol. The zero-order valence-electron chi connectivity index (χ0n) is 20.0. The first-order valence-corrected chi connectivity index (χ1v) is 12.4. The molecule has 36 heavy (non-hydrogen) atoms. The highest BCUT2D eigenvalue weighted by molar-refractivity contribution is 7.85. The lowest BCUT2D eigenvalue weighted by Gasteiger charge is -2.13. The molecule has 0 spiro atoms. The van der Waals surface area contributed by atoms with Crippen molar-refractivity contribution in [2.75, 3.05) is 25.1 Å². The minimum atomic E-state index is -4.02. The summed E-state index contributed by atoms with van der Waals surface area (Å²) in [5.74, 6) is 0.578. The van der Waals surface area contributed by atoms with Crippen molar-refractivity contribution in [1.29, 1.82) is 0 Å². The molecule has 8 nitrogen and oxygen atoms in total. The molecular formula is C26H28FN3O5S. The molecule has 0 amide bonds. The zero-order chi connectivity index (χ0) is 26.1. The second-order valence-corrected chi connectivity index (χ2v) is 9.44. The predicted octanol–water partition coefficient (Wildman–Crippen LogP) is 4.90. The van der Waals surface area contributed by atoms with Crippen molar-refractivity contribution < 1.29 is 26.5 Å². The maximum atomic E-state index is 12.5. The van der Waals surface area contributed by atoms with Gasteiger partial charge in [0.25, 0.3) is 16.1 Å². The van der Waals surface area contributed by atoms with Gasteiger partial charge < -0.3 is 19.8 Å². The summed E-state index contributed by atoms with van der Waals surface area (Å²) in [5.41, 5.74) is 9.29. The first-order chi connectivity index (χ1) is 17.2. The second kappa shape index (κ2) is 12.3. The van der Waals surface area contributed by atoms with Crippen LogP contribution in [0.3, 0.4) is 0 Å². The molecule has 0 unspecified atom stereocenters. The van der Waals surface area contributed by atoms with Gasteiger partial charge in [-0.25, -0.2) is 4.39 Å². The van der Waals surface area contributed by atoms with Gasteiger partial charge in [0.2, 0.25) is 0 Å². The quantitative estimate of drug-likeness (QED) is 0.320. The maximum Gasteiger partial charge on any atom is 0.298 e. The Morgan fingerprint density at radius 2 is 1.83 bits per heavy atom. The van der Waals surface area contributed by atoms with Crippen molar-refractivity contribution in [1.82, 2.24) is 4.98 Å². The molecule has 0 saturated heterocycles. The van der Waals surface area contributed by atoms with Gasteiger partial charge in [0, 0.05) is 31.8 Å². The Bertz CT molecular complexity index is 1400. The van der Waals surface area contributed by atoms with Crippen LogP contribution in [0.15, 0.2) is 94.0 Å². The van der Waals surface area contributed by atoms with Gasteiger partial charge in [-0.3, -0.25) is 4.55 Å². The number of anilines is 1. The number of benzene rings is 3. The fraction of sp³-hybridized carbons (Fsp3) is 0.192. The second-order valence-electron chi connectivity index (χ2n) is 8.02. The van der Waals surface area contributed by atoms with Crippen LogP contribution in [0.25, 0.3) is 11.1 Å². The molecule has 0 fully saturated rings. The molecule has 4 aromatic rings. The standard InChI is InChI=1S/C19H20FN3O2.C7H8O3S/c1-23(12-14-5-3-2-4-6-14)19-22-17-8-7-16(9-18(17)25-19)24-13-15(10-20)11-21;1-6-2-4-7(5-3-6)11(8,9)10/h2-10H,11-13,21H2,1H3;2-5H,1H3,(H,8,9,10).